The van der Waals surface area contributed by atoms with Crippen LogP contribution in [0.25, 0.3) is 43.1 Å². The van der Waals surface area contributed by atoms with E-state index in [-0.39, 0.29) is 11.3 Å². The first kappa shape index (κ1) is 24.7. The van der Waals surface area contributed by atoms with Crippen molar-refractivity contribution in [1.82, 2.24) is 23.9 Å². The zero-order valence-corrected chi connectivity index (χ0v) is 23.5. The molecule has 0 unspecified atom stereocenters. The van der Waals surface area contributed by atoms with Gasteiger partial charge in [-0.2, -0.15) is 18.4 Å². The van der Waals surface area contributed by atoms with E-state index in [0.29, 0.717) is 55.5 Å². The largest absolute Gasteiger partial charge is 0.417 e. The van der Waals surface area contributed by atoms with E-state index in [4.69, 9.17) is 15.0 Å². The number of hydrogen-bond acceptors (Lipinski definition) is 5. The maximum atomic E-state index is 13.2. The number of aromatic nitrogens is 4. The van der Waals surface area contributed by atoms with Crippen molar-refractivity contribution in [2.75, 3.05) is 0 Å². The van der Waals surface area contributed by atoms with Crippen LogP contribution in [0, 0.1) is 0 Å². The summed E-state index contributed by atoms with van der Waals surface area (Å²) in [6.07, 6.45) is 0. The molecule has 0 atom stereocenters. The Morgan fingerprint density at radius 3 is 1.39 bits per heavy atom. The first-order valence-corrected chi connectivity index (χ1v) is 15.2. The minimum Gasteiger partial charge on any atom is -0.324 e. The molecule has 8 aromatic rings. The highest BCUT2D eigenvalue weighted by molar-refractivity contribution is 7.84. The quantitative estimate of drug-likeness (QED) is 0.141. The standard InChI is InChI=1S/C32H20N8O3S/c41-44(42,43)40-31-23-15-7-5-13-21(23)29(38-31)36-27-19-11-3-1-9-17(19)25(34-27)33-26-18-10-2-4-12-20(18)28(35-26)37-30-22-14-6-8-16-24(22)32(40)39-30/h1-16H,(H4,33,34,35,36,37,38,39,41,42,43)/p+1. The maximum Gasteiger partial charge on any atom is 0.417 e. The van der Waals surface area contributed by atoms with Gasteiger partial charge in [0.25, 0.3) is 11.3 Å². The third kappa shape index (κ3) is 3.55. The summed E-state index contributed by atoms with van der Waals surface area (Å²) in [5.74, 6) is 1.68. The predicted molar refractivity (Wildman–Crippen MR) is 168 cm³/mol. The van der Waals surface area contributed by atoms with Gasteiger partial charge >= 0.3 is 10.3 Å². The van der Waals surface area contributed by atoms with E-state index in [1.54, 1.807) is 24.3 Å². The first-order chi connectivity index (χ1) is 21.4. The average molecular weight is 598 g/mol. The molecule has 0 saturated heterocycles. The van der Waals surface area contributed by atoms with Gasteiger partial charge in [-0.05, 0) is 24.3 Å². The van der Waals surface area contributed by atoms with Crippen LogP contribution in [0.4, 0.5) is 23.3 Å². The third-order valence-corrected chi connectivity index (χ3v) is 8.83. The Hall–Kier alpha value is -5.85. The molecular formula is C32H21N8O3S+. The van der Waals surface area contributed by atoms with Crippen LogP contribution in [0.2, 0.25) is 0 Å². The SMILES string of the molecule is O=S(=O)(O)[N+]1=c2[nH]c(c3ccccc23)=Nc2[nH]c(c3ccccc23)N=c2[nH]c(c3ccccc23)=Nc2[nH]c1c1ccccc21. The molecule has 5 heterocycles. The number of benzene rings is 4. The molecule has 9 rings (SSSR count). The Morgan fingerprint density at radius 2 is 0.864 bits per heavy atom. The first-order valence-electron chi connectivity index (χ1n) is 13.8. The van der Waals surface area contributed by atoms with Crippen LogP contribution < -0.4 is 25.9 Å². The molecular weight excluding hydrogens is 576 g/mol. The third-order valence-electron chi connectivity index (χ3n) is 8.00. The van der Waals surface area contributed by atoms with Crippen LogP contribution in [0.1, 0.15) is 0 Å². The van der Waals surface area contributed by atoms with Gasteiger partial charge in [0.2, 0.25) is 0 Å². The number of aromatic amines is 4. The zero-order valence-electron chi connectivity index (χ0n) is 22.7. The van der Waals surface area contributed by atoms with Crippen LogP contribution in [0.3, 0.4) is 0 Å². The maximum absolute atomic E-state index is 13.2. The van der Waals surface area contributed by atoms with Gasteiger partial charge in [-0.25, -0.2) is 4.99 Å². The molecule has 0 spiro atoms. The van der Waals surface area contributed by atoms with Gasteiger partial charge in [0, 0.05) is 32.3 Å². The number of H-pyrrole nitrogens is 4. The Bertz CT molecular complexity index is 2880. The van der Waals surface area contributed by atoms with E-state index in [1.165, 1.54) is 0 Å². The van der Waals surface area contributed by atoms with Gasteiger partial charge in [-0.1, -0.05) is 76.8 Å². The van der Waals surface area contributed by atoms with Crippen molar-refractivity contribution in [2.24, 2.45) is 15.0 Å². The van der Waals surface area contributed by atoms with Crippen LogP contribution in [0.15, 0.2) is 112 Å². The van der Waals surface area contributed by atoms with Gasteiger partial charge in [0.05, 0.1) is 10.8 Å². The Labute approximate surface area is 247 Å². The highest BCUT2D eigenvalue weighted by atomic mass is 32.2. The molecule has 12 heteroatoms. The van der Waals surface area contributed by atoms with Crippen LogP contribution in [-0.4, -0.2) is 32.9 Å². The second-order valence-electron chi connectivity index (χ2n) is 10.5. The fraction of sp³-hybridized carbons (Fsp3) is 0. The number of hydrogen-bond donors (Lipinski definition) is 5. The van der Waals surface area contributed by atoms with E-state index in [1.807, 2.05) is 72.8 Å². The molecule has 4 aromatic heterocycles. The summed E-state index contributed by atoms with van der Waals surface area (Å²) in [7, 11) is -4.86. The van der Waals surface area contributed by atoms with Crippen LogP contribution in [0.5, 0.6) is 0 Å². The number of nitrogens with one attached hydrogen (secondary N) is 4. The molecule has 8 bridgehead atoms. The normalized spacial score (nSPS) is 13.3. The predicted octanol–water partition coefficient (Wildman–Crippen LogP) is 4.40. The van der Waals surface area contributed by atoms with Crippen molar-refractivity contribution in [3.8, 4) is 0 Å². The second kappa shape index (κ2) is 8.83. The molecule has 0 saturated carbocycles. The smallest absolute Gasteiger partial charge is 0.324 e. The Kier molecular flexibility index (Phi) is 4.96. The molecule has 0 amide bonds. The number of rotatable bonds is 1. The summed E-state index contributed by atoms with van der Waals surface area (Å²) in [5, 5.41) is 5.82. The Balaban J connectivity index is 1.57. The van der Waals surface area contributed by atoms with Gasteiger partial charge in [-0.3, -0.25) is 14.5 Å². The van der Waals surface area contributed by atoms with Crippen molar-refractivity contribution in [2.45, 2.75) is 0 Å². The van der Waals surface area contributed by atoms with Crippen molar-refractivity contribution in [1.29, 1.82) is 0 Å². The molecule has 0 radical (unpaired) electrons. The topological polar surface area (TPSA) is 158 Å². The van der Waals surface area contributed by atoms with Gasteiger partial charge in [-0.15, -0.1) is 0 Å². The molecule has 44 heavy (non-hydrogen) atoms. The highest BCUT2D eigenvalue weighted by Crippen LogP contribution is 2.35. The van der Waals surface area contributed by atoms with E-state index < -0.39 is 10.3 Å². The molecule has 11 nitrogen and oxygen atoms in total. The number of nitrogens with zero attached hydrogens (tertiary/aromatic N) is 4. The van der Waals surface area contributed by atoms with Crippen LogP contribution in [-0.2, 0) is 10.3 Å². The summed E-state index contributed by atoms with van der Waals surface area (Å²) in [4.78, 5) is 28.1. The average Bonchev–Trinajstić information content (AvgIpc) is 3.76. The van der Waals surface area contributed by atoms with Gasteiger partial charge in [0.15, 0.2) is 11.3 Å². The summed E-state index contributed by atoms with van der Waals surface area (Å²) < 4.78 is 38.1. The highest BCUT2D eigenvalue weighted by Gasteiger charge is 2.28. The lowest BCUT2D eigenvalue weighted by atomic mass is 10.2. The summed E-state index contributed by atoms with van der Waals surface area (Å²) in [5.41, 5.74) is 1.68. The fourth-order valence-corrected chi connectivity index (χ4v) is 6.85. The summed E-state index contributed by atoms with van der Waals surface area (Å²) in [6.45, 7) is 0. The minimum atomic E-state index is -4.86. The van der Waals surface area contributed by atoms with Gasteiger partial charge in [0.1, 0.15) is 22.6 Å². The Morgan fingerprint density at radius 1 is 0.477 bits per heavy atom. The molecule has 0 fully saturated rings. The van der Waals surface area contributed by atoms with Crippen molar-refractivity contribution >= 4 is 76.7 Å². The lowest BCUT2D eigenvalue weighted by molar-refractivity contribution is 0.467. The second-order valence-corrected chi connectivity index (χ2v) is 11.8. The molecule has 4 aromatic carbocycles. The summed E-state index contributed by atoms with van der Waals surface area (Å²) in [6, 6.07) is 30.1. The van der Waals surface area contributed by atoms with E-state index in [0.717, 1.165) is 25.5 Å². The monoisotopic (exact) mass is 597 g/mol. The van der Waals surface area contributed by atoms with Crippen molar-refractivity contribution < 1.29 is 13.0 Å². The van der Waals surface area contributed by atoms with Gasteiger partial charge < -0.3 is 9.97 Å². The van der Waals surface area contributed by atoms with E-state index >= 15 is 0 Å². The minimum absolute atomic E-state index is 0.126. The van der Waals surface area contributed by atoms with E-state index in [2.05, 4.69) is 19.9 Å². The zero-order chi connectivity index (χ0) is 29.6. The fourth-order valence-electron chi connectivity index (χ4n) is 6.10. The van der Waals surface area contributed by atoms with Crippen LogP contribution >= 0.6 is 0 Å². The molecule has 1 aliphatic heterocycles. The van der Waals surface area contributed by atoms with Crippen molar-refractivity contribution in [3.63, 3.8) is 0 Å². The molecule has 5 N–H and O–H groups in total. The molecule has 1 aliphatic rings. The van der Waals surface area contributed by atoms with Crippen molar-refractivity contribution in [3.05, 3.63) is 119 Å². The lowest BCUT2D eigenvalue weighted by Gasteiger charge is -2.01. The summed E-state index contributed by atoms with van der Waals surface area (Å²) >= 11 is 0. The lowest BCUT2D eigenvalue weighted by Crippen LogP contribution is -2.33. The molecule has 212 valence electrons. The molecule has 0 aliphatic carbocycles. The number of fused-ring (bicyclic) bond motifs is 20. The van der Waals surface area contributed by atoms with E-state index in [9.17, 15) is 13.0 Å².